The van der Waals surface area contributed by atoms with E-state index in [1.54, 1.807) is 0 Å². The van der Waals surface area contributed by atoms with E-state index >= 15 is 0 Å². The Hall–Kier alpha value is -1.04. The molecule has 1 aliphatic rings. The minimum atomic E-state index is 0.518. The highest BCUT2D eigenvalue weighted by atomic mass is 15.3. The summed E-state index contributed by atoms with van der Waals surface area (Å²) in [6.45, 7) is 0. The summed E-state index contributed by atoms with van der Waals surface area (Å²) in [7, 11) is 0. The van der Waals surface area contributed by atoms with Crippen LogP contribution >= 0.6 is 0 Å². The molecule has 0 aliphatic heterocycles. The first kappa shape index (κ1) is 7.07. The number of hydrogen-bond donors (Lipinski definition) is 1. The third kappa shape index (κ3) is 2.06. The van der Waals surface area contributed by atoms with Crippen LogP contribution in [0.2, 0.25) is 0 Å². The summed E-state index contributed by atoms with van der Waals surface area (Å²) in [5.74, 6) is 0. The van der Waals surface area contributed by atoms with E-state index in [2.05, 4.69) is 10.5 Å². The standard InChI is InChI=1S/C7H11N3/c8-5-6-9-10-7-3-1-2-4-7/h6-7,10H,1-4H2/b9-6+. The van der Waals surface area contributed by atoms with Crippen LogP contribution in [0.25, 0.3) is 0 Å². The molecule has 3 heteroatoms. The van der Waals surface area contributed by atoms with E-state index in [9.17, 15) is 0 Å². The zero-order valence-electron chi connectivity index (χ0n) is 5.88. The van der Waals surface area contributed by atoms with Gasteiger partial charge in [-0.3, -0.25) is 0 Å². The Morgan fingerprint density at radius 2 is 2.20 bits per heavy atom. The third-order valence-electron chi connectivity index (χ3n) is 1.73. The van der Waals surface area contributed by atoms with Crippen LogP contribution in [-0.4, -0.2) is 12.3 Å². The first-order chi connectivity index (χ1) is 4.93. The summed E-state index contributed by atoms with van der Waals surface area (Å²) in [5, 5.41) is 11.8. The molecule has 0 heterocycles. The van der Waals surface area contributed by atoms with Crippen LogP contribution in [0.3, 0.4) is 0 Å². The van der Waals surface area contributed by atoms with Gasteiger partial charge in [-0.25, -0.2) is 0 Å². The molecule has 0 aromatic heterocycles. The highest BCUT2D eigenvalue weighted by Crippen LogP contribution is 2.17. The quantitative estimate of drug-likeness (QED) is 0.456. The van der Waals surface area contributed by atoms with E-state index in [0.717, 1.165) is 0 Å². The van der Waals surface area contributed by atoms with Crippen LogP contribution in [0, 0.1) is 11.3 Å². The normalized spacial score (nSPS) is 19.5. The molecular weight excluding hydrogens is 126 g/mol. The lowest BCUT2D eigenvalue weighted by atomic mass is 10.3. The molecule has 3 nitrogen and oxygen atoms in total. The largest absolute Gasteiger partial charge is 0.306 e. The maximum Gasteiger partial charge on any atom is 0.124 e. The van der Waals surface area contributed by atoms with Gasteiger partial charge < -0.3 is 5.43 Å². The monoisotopic (exact) mass is 137 g/mol. The van der Waals surface area contributed by atoms with Crippen molar-refractivity contribution in [3.05, 3.63) is 0 Å². The van der Waals surface area contributed by atoms with Crippen molar-refractivity contribution in [3.63, 3.8) is 0 Å². The Morgan fingerprint density at radius 3 is 2.80 bits per heavy atom. The van der Waals surface area contributed by atoms with Gasteiger partial charge in [0, 0.05) is 6.04 Å². The summed E-state index contributed by atoms with van der Waals surface area (Å²) >= 11 is 0. The summed E-state index contributed by atoms with van der Waals surface area (Å²) in [6.07, 6.45) is 6.21. The summed E-state index contributed by atoms with van der Waals surface area (Å²) in [4.78, 5) is 0. The molecule has 1 N–H and O–H groups in total. The predicted molar refractivity (Wildman–Crippen MR) is 39.5 cm³/mol. The summed E-state index contributed by atoms with van der Waals surface area (Å²) in [6, 6.07) is 2.36. The second-order valence-corrected chi connectivity index (χ2v) is 2.50. The first-order valence-electron chi connectivity index (χ1n) is 3.60. The lowest BCUT2D eigenvalue weighted by molar-refractivity contribution is 0.549. The number of nitriles is 1. The van der Waals surface area contributed by atoms with E-state index in [1.165, 1.54) is 31.9 Å². The number of hydrogen-bond acceptors (Lipinski definition) is 3. The number of nitrogens with zero attached hydrogens (tertiary/aromatic N) is 2. The molecule has 0 amide bonds. The summed E-state index contributed by atoms with van der Waals surface area (Å²) < 4.78 is 0. The third-order valence-corrected chi connectivity index (χ3v) is 1.73. The van der Waals surface area contributed by atoms with Crippen LogP contribution in [0.1, 0.15) is 25.7 Å². The maximum absolute atomic E-state index is 8.10. The van der Waals surface area contributed by atoms with Gasteiger partial charge in [0.1, 0.15) is 12.3 Å². The molecule has 0 saturated heterocycles. The van der Waals surface area contributed by atoms with Gasteiger partial charge in [0.15, 0.2) is 0 Å². The molecule has 0 atom stereocenters. The van der Waals surface area contributed by atoms with Crippen molar-refractivity contribution >= 4 is 6.21 Å². The molecule has 10 heavy (non-hydrogen) atoms. The molecule has 1 aliphatic carbocycles. The molecular formula is C7H11N3. The van der Waals surface area contributed by atoms with Crippen molar-refractivity contribution in [2.75, 3.05) is 0 Å². The van der Waals surface area contributed by atoms with Crippen molar-refractivity contribution < 1.29 is 0 Å². The fraction of sp³-hybridized carbons (Fsp3) is 0.714. The van der Waals surface area contributed by atoms with Crippen molar-refractivity contribution in [2.24, 2.45) is 5.10 Å². The van der Waals surface area contributed by atoms with Gasteiger partial charge in [-0.15, -0.1) is 0 Å². The molecule has 0 aromatic carbocycles. The Labute approximate surface area is 60.7 Å². The van der Waals surface area contributed by atoms with Gasteiger partial charge in [-0.2, -0.15) is 10.4 Å². The van der Waals surface area contributed by atoms with E-state index in [0.29, 0.717) is 6.04 Å². The van der Waals surface area contributed by atoms with Crippen LogP contribution < -0.4 is 5.43 Å². The van der Waals surface area contributed by atoms with E-state index in [-0.39, 0.29) is 0 Å². The molecule has 0 radical (unpaired) electrons. The first-order valence-corrected chi connectivity index (χ1v) is 3.60. The molecule has 0 aromatic rings. The van der Waals surface area contributed by atoms with Crippen molar-refractivity contribution in [1.82, 2.24) is 5.43 Å². The fourth-order valence-corrected chi connectivity index (χ4v) is 1.23. The Balaban J connectivity index is 2.13. The van der Waals surface area contributed by atoms with Gasteiger partial charge in [0.2, 0.25) is 0 Å². The van der Waals surface area contributed by atoms with Crippen LogP contribution in [-0.2, 0) is 0 Å². The van der Waals surface area contributed by atoms with E-state index in [1.807, 2.05) is 6.07 Å². The Morgan fingerprint density at radius 1 is 1.50 bits per heavy atom. The smallest absolute Gasteiger partial charge is 0.124 e. The highest BCUT2D eigenvalue weighted by molar-refractivity contribution is 5.74. The molecule has 1 saturated carbocycles. The summed E-state index contributed by atoms with van der Waals surface area (Å²) in [5.41, 5.74) is 2.93. The zero-order chi connectivity index (χ0) is 7.23. The average molecular weight is 137 g/mol. The predicted octanol–water partition coefficient (Wildman–Crippen LogP) is 1.03. The molecule has 0 bridgehead atoms. The Bertz CT molecular complexity index is 151. The van der Waals surface area contributed by atoms with Gasteiger partial charge in [0.25, 0.3) is 0 Å². The van der Waals surface area contributed by atoms with E-state index in [4.69, 9.17) is 5.26 Å². The fourth-order valence-electron chi connectivity index (χ4n) is 1.23. The number of hydrazone groups is 1. The zero-order valence-corrected chi connectivity index (χ0v) is 5.88. The number of nitrogens with one attached hydrogen (secondary N) is 1. The second kappa shape index (κ2) is 3.89. The average Bonchev–Trinajstić information content (AvgIpc) is 2.41. The SMILES string of the molecule is N#C/C=N/NC1CCCC1. The second-order valence-electron chi connectivity index (χ2n) is 2.50. The Kier molecular flexibility index (Phi) is 2.75. The van der Waals surface area contributed by atoms with Gasteiger partial charge in [-0.05, 0) is 12.8 Å². The van der Waals surface area contributed by atoms with Crippen LogP contribution in [0.5, 0.6) is 0 Å². The van der Waals surface area contributed by atoms with Gasteiger partial charge >= 0.3 is 0 Å². The minimum absolute atomic E-state index is 0.518. The minimum Gasteiger partial charge on any atom is -0.306 e. The molecule has 54 valence electrons. The van der Waals surface area contributed by atoms with Crippen molar-refractivity contribution in [2.45, 2.75) is 31.7 Å². The maximum atomic E-state index is 8.10. The van der Waals surface area contributed by atoms with Crippen LogP contribution in [0.15, 0.2) is 5.10 Å². The molecule has 1 rings (SSSR count). The molecule has 0 spiro atoms. The van der Waals surface area contributed by atoms with Crippen LogP contribution in [0.4, 0.5) is 0 Å². The number of rotatable bonds is 2. The van der Waals surface area contributed by atoms with Gasteiger partial charge in [0.05, 0.1) is 0 Å². The van der Waals surface area contributed by atoms with E-state index < -0.39 is 0 Å². The lowest BCUT2D eigenvalue weighted by Gasteiger charge is -2.05. The molecule has 0 unspecified atom stereocenters. The lowest BCUT2D eigenvalue weighted by Crippen LogP contribution is -2.19. The topological polar surface area (TPSA) is 48.2 Å². The highest BCUT2D eigenvalue weighted by Gasteiger charge is 2.12. The molecule has 1 fully saturated rings. The van der Waals surface area contributed by atoms with Crippen molar-refractivity contribution in [3.8, 4) is 6.07 Å². The van der Waals surface area contributed by atoms with Crippen molar-refractivity contribution in [1.29, 1.82) is 5.26 Å². The van der Waals surface area contributed by atoms with Gasteiger partial charge in [-0.1, -0.05) is 12.8 Å².